The minimum Gasteiger partial charge on any atom is -0.377 e. The van der Waals surface area contributed by atoms with E-state index in [0.29, 0.717) is 31.2 Å². The van der Waals surface area contributed by atoms with E-state index in [1.807, 2.05) is 31.1 Å². The first-order valence-corrected chi connectivity index (χ1v) is 7.89. The number of benzene rings is 2. The summed E-state index contributed by atoms with van der Waals surface area (Å²) in [4.78, 5) is 27.5. The van der Waals surface area contributed by atoms with E-state index in [1.54, 1.807) is 18.2 Å². The Kier molecular flexibility index (Phi) is 3.50. The topological polar surface area (TPSA) is 37.4 Å². The second-order valence-corrected chi connectivity index (χ2v) is 6.74. The number of anilines is 1. The van der Waals surface area contributed by atoms with Gasteiger partial charge in [-0.1, -0.05) is 44.0 Å². The molecule has 0 spiro atoms. The summed E-state index contributed by atoms with van der Waals surface area (Å²) in [5, 5.41) is 0. The van der Waals surface area contributed by atoms with Crippen LogP contribution in [0, 0.1) is 0 Å². The maximum Gasteiger partial charge on any atom is 0.197 e. The van der Waals surface area contributed by atoms with Crippen molar-refractivity contribution in [2.24, 2.45) is 0 Å². The van der Waals surface area contributed by atoms with Crippen LogP contribution in [0.5, 0.6) is 0 Å². The number of fused-ring (bicyclic) bond motifs is 2. The van der Waals surface area contributed by atoms with Crippen LogP contribution in [-0.4, -0.2) is 25.7 Å². The van der Waals surface area contributed by atoms with Crippen molar-refractivity contribution in [1.82, 2.24) is 0 Å². The lowest BCUT2D eigenvalue weighted by Crippen LogP contribution is -2.25. The first kappa shape index (κ1) is 14.5. The number of ketones is 2. The van der Waals surface area contributed by atoms with Crippen LogP contribution in [0.25, 0.3) is 0 Å². The lowest BCUT2D eigenvalue weighted by molar-refractivity contribution is 0.0978. The molecule has 21 heavy (non-hydrogen) atoms. The van der Waals surface area contributed by atoms with Gasteiger partial charge < -0.3 is 4.90 Å². The third-order valence-electron chi connectivity index (χ3n) is 3.55. The summed E-state index contributed by atoms with van der Waals surface area (Å²) in [6, 6.07) is 8.89. The maximum absolute atomic E-state index is 12.9. The van der Waals surface area contributed by atoms with Gasteiger partial charge in [0.25, 0.3) is 0 Å². The minimum atomic E-state index is -0.128. The average molecular weight is 409 g/mol. The van der Waals surface area contributed by atoms with Crippen molar-refractivity contribution in [3.05, 3.63) is 61.5 Å². The fraction of sp³-hybridized carbons (Fsp3) is 0.125. The van der Waals surface area contributed by atoms with Crippen molar-refractivity contribution in [1.29, 1.82) is 0 Å². The Balaban J connectivity index is 2.41. The molecule has 0 saturated carbocycles. The molecular weight excluding hydrogens is 398 g/mol. The van der Waals surface area contributed by atoms with Gasteiger partial charge in [0, 0.05) is 39.9 Å². The van der Waals surface area contributed by atoms with Gasteiger partial charge in [0.15, 0.2) is 11.6 Å². The third-order valence-corrected chi connectivity index (χ3v) is 4.88. The number of carbonyl (C=O) groups is 2. The molecule has 3 nitrogen and oxygen atoms in total. The Morgan fingerprint density at radius 3 is 2.14 bits per heavy atom. The Bertz CT molecular complexity index is 797. The molecule has 106 valence electrons. The molecule has 0 radical (unpaired) electrons. The highest BCUT2D eigenvalue weighted by Gasteiger charge is 2.35. The lowest BCUT2D eigenvalue weighted by atomic mass is 9.83. The molecule has 0 atom stereocenters. The Labute approximate surface area is 139 Å². The molecule has 2 aromatic rings. The summed E-state index contributed by atoms with van der Waals surface area (Å²) in [5.74, 6) is -0.256. The summed E-state index contributed by atoms with van der Waals surface area (Å²) in [7, 11) is 3.72. The predicted molar refractivity (Wildman–Crippen MR) is 89.5 cm³/mol. The molecule has 0 amide bonds. The Morgan fingerprint density at radius 1 is 0.810 bits per heavy atom. The van der Waals surface area contributed by atoms with Crippen LogP contribution in [0.2, 0.25) is 0 Å². The quantitative estimate of drug-likeness (QED) is 0.609. The van der Waals surface area contributed by atoms with Crippen molar-refractivity contribution in [2.45, 2.75) is 0 Å². The van der Waals surface area contributed by atoms with Crippen LogP contribution in [0.1, 0.15) is 31.8 Å². The maximum atomic E-state index is 12.9. The average Bonchev–Trinajstić information content (AvgIpc) is 2.44. The molecule has 0 fully saturated rings. The van der Waals surface area contributed by atoms with Gasteiger partial charge in [-0.25, -0.2) is 0 Å². The number of hydrogen-bond acceptors (Lipinski definition) is 3. The molecular formula is C16H11Br2NO2. The highest BCUT2D eigenvalue weighted by Crippen LogP contribution is 2.39. The zero-order chi connectivity index (χ0) is 15.3. The summed E-state index contributed by atoms with van der Waals surface area (Å²) < 4.78 is 1.29. The number of nitrogens with zero attached hydrogens (tertiary/aromatic N) is 1. The molecule has 0 heterocycles. The summed E-state index contributed by atoms with van der Waals surface area (Å²) in [5.41, 5.74) is 2.53. The standard InChI is InChI=1S/C16H11Br2NO2/c1-19(2)11-7-6-10(18)13-14(11)16(21)12-8(15(13)20)4-3-5-9(12)17/h3-7H,1-2H3. The molecule has 0 unspecified atom stereocenters. The second kappa shape index (κ2) is 5.07. The monoisotopic (exact) mass is 407 g/mol. The summed E-state index contributed by atoms with van der Waals surface area (Å²) in [6.45, 7) is 0. The molecule has 1 aliphatic rings. The summed E-state index contributed by atoms with van der Waals surface area (Å²) >= 11 is 6.78. The van der Waals surface area contributed by atoms with Gasteiger partial charge in [0.05, 0.1) is 11.1 Å². The van der Waals surface area contributed by atoms with E-state index in [9.17, 15) is 9.59 Å². The third kappa shape index (κ3) is 2.07. The van der Waals surface area contributed by atoms with Crippen LogP contribution in [0.4, 0.5) is 5.69 Å². The van der Waals surface area contributed by atoms with Gasteiger partial charge in [0.1, 0.15) is 0 Å². The molecule has 0 aliphatic heterocycles. The van der Waals surface area contributed by atoms with Gasteiger partial charge in [-0.2, -0.15) is 0 Å². The minimum absolute atomic E-state index is 0.128. The molecule has 2 aromatic carbocycles. The number of hydrogen-bond donors (Lipinski definition) is 0. The molecule has 0 saturated heterocycles. The predicted octanol–water partition coefficient (Wildman–Crippen LogP) is 4.05. The first-order valence-electron chi connectivity index (χ1n) is 6.31. The first-order chi connectivity index (χ1) is 9.93. The SMILES string of the molecule is CN(C)c1ccc(Br)c2c1C(=O)c1c(Br)cccc1C2=O. The van der Waals surface area contributed by atoms with Gasteiger partial charge in [0.2, 0.25) is 0 Å². The van der Waals surface area contributed by atoms with Crippen molar-refractivity contribution in [3.63, 3.8) is 0 Å². The van der Waals surface area contributed by atoms with Crippen molar-refractivity contribution >= 4 is 49.1 Å². The van der Waals surface area contributed by atoms with Crippen molar-refractivity contribution in [2.75, 3.05) is 19.0 Å². The zero-order valence-corrected chi connectivity index (χ0v) is 14.6. The number of carbonyl (C=O) groups excluding carboxylic acids is 2. The summed E-state index contributed by atoms with van der Waals surface area (Å²) in [6.07, 6.45) is 0. The molecule has 1 aliphatic carbocycles. The normalized spacial score (nSPS) is 13.0. The smallest absolute Gasteiger partial charge is 0.197 e. The van der Waals surface area contributed by atoms with Crippen LogP contribution in [0.15, 0.2) is 39.3 Å². The fourth-order valence-electron chi connectivity index (χ4n) is 2.59. The van der Waals surface area contributed by atoms with Gasteiger partial charge >= 0.3 is 0 Å². The van der Waals surface area contributed by atoms with Gasteiger partial charge in [-0.05, 0) is 18.2 Å². The largest absolute Gasteiger partial charge is 0.377 e. The lowest BCUT2D eigenvalue weighted by Gasteiger charge is -2.25. The van der Waals surface area contributed by atoms with E-state index in [0.717, 1.165) is 5.69 Å². The van der Waals surface area contributed by atoms with Gasteiger partial charge in [-0.15, -0.1) is 0 Å². The van der Waals surface area contributed by atoms with E-state index in [4.69, 9.17) is 0 Å². The molecule has 5 heteroatoms. The fourth-order valence-corrected chi connectivity index (χ4v) is 3.65. The van der Waals surface area contributed by atoms with E-state index >= 15 is 0 Å². The van der Waals surface area contributed by atoms with Crippen LogP contribution >= 0.6 is 31.9 Å². The molecule has 3 rings (SSSR count). The van der Waals surface area contributed by atoms with E-state index in [-0.39, 0.29) is 11.6 Å². The van der Waals surface area contributed by atoms with Crippen molar-refractivity contribution in [3.8, 4) is 0 Å². The number of rotatable bonds is 1. The molecule has 0 bridgehead atoms. The van der Waals surface area contributed by atoms with Crippen LogP contribution in [0.3, 0.4) is 0 Å². The van der Waals surface area contributed by atoms with Crippen LogP contribution < -0.4 is 4.90 Å². The van der Waals surface area contributed by atoms with E-state index in [2.05, 4.69) is 31.9 Å². The number of halogens is 2. The highest BCUT2D eigenvalue weighted by molar-refractivity contribution is 9.10. The van der Waals surface area contributed by atoms with Gasteiger partial charge in [-0.3, -0.25) is 9.59 Å². The Morgan fingerprint density at radius 2 is 1.48 bits per heavy atom. The van der Waals surface area contributed by atoms with E-state index < -0.39 is 0 Å². The highest BCUT2D eigenvalue weighted by atomic mass is 79.9. The zero-order valence-electron chi connectivity index (χ0n) is 11.4. The van der Waals surface area contributed by atoms with E-state index in [1.165, 1.54) is 0 Å². The second-order valence-electron chi connectivity index (χ2n) is 5.03. The molecule has 0 N–H and O–H groups in total. The molecule has 0 aromatic heterocycles. The van der Waals surface area contributed by atoms with Crippen LogP contribution in [-0.2, 0) is 0 Å². The van der Waals surface area contributed by atoms with Crippen molar-refractivity contribution < 1.29 is 9.59 Å². The Hall–Kier alpha value is -1.46.